The smallest absolute Gasteiger partial charge is 0.132 e. The van der Waals surface area contributed by atoms with Crippen molar-refractivity contribution in [2.75, 3.05) is 18.0 Å². The molecule has 0 bridgehead atoms. The zero-order valence-corrected chi connectivity index (χ0v) is 9.39. The molecule has 2 aromatic rings. The highest BCUT2D eigenvalue weighted by Gasteiger charge is 2.25. The summed E-state index contributed by atoms with van der Waals surface area (Å²) in [5, 5.41) is 11.3. The molecule has 82 valence electrons. The summed E-state index contributed by atoms with van der Waals surface area (Å²) in [6.45, 7) is 1.34. The summed E-state index contributed by atoms with van der Waals surface area (Å²) in [6, 6.07) is 6.02. The summed E-state index contributed by atoms with van der Waals surface area (Å²) in [5.74, 6) is 0.892. The molecule has 5 heteroatoms. The molecule has 1 aliphatic rings. The molecule has 1 N–H and O–H groups in total. The number of thiophene rings is 1. The van der Waals surface area contributed by atoms with Crippen LogP contribution in [0.2, 0.25) is 0 Å². The molecule has 4 nitrogen and oxygen atoms in total. The van der Waals surface area contributed by atoms with Gasteiger partial charge in [-0.25, -0.2) is 9.97 Å². The van der Waals surface area contributed by atoms with Crippen molar-refractivity contribution in [3.8, 4) is 10.6 Å². The quantitative estimate of drug-likeness (QED) is 0.851. The fraction of sp³-hybridized carbons (Fsp3) is 0.273. The highest BCUT2D eigenvalue weighted by atomic mass is 32.1. The van der Waals surface area contributed by atoms with Gasteiger partial charge in [0.05, 0.1) is 16.7 Å². The van der Waals surface area contributed by atoms with Crippen LogP contribution in [-0.4, -0.2) is 34.3 Å². The maximum Gasteiger partial charge on any atom is 0.132 e. The van der Waals surface area contributed by atoms with Crippen molar-refractivity contribution in [1.82, 2.24) is 9.97 Å². The Morgan fingerprint density at radius 1 is 1.38 bits per heavy atom. The van der Waals surface area contributed by atoms with Gasteiger partial charge >= 0.3 is 0 Å². The SMILES string of the molecule is OC1CN(c2cc(-c3cccs3)ncn2)C1. The Morgan fingerprint density at radius 2 is 2.25 bits per heavy atom. The number of rotatable bonds is 2. The van der Waals surface area contributed by atoms with Gasteiger partial charge in [-0.1, -0.05) is 6.07 Å². The Hall–Kier alpha value is -1.46. The van der Waals surface area contributed by atoms with E-state index in [4.69, 9.17) is 0 Å². The van der Waals surface area contributed by atoms with Crippen LogP contribution in [0.1, 0.15) is 0 Å². The van der Waals surface area contributed by atoms with Crippen LogP contribution in [0.4, 0.5) is 5.82 Å². The number of nitrogens with zero attached hydrogens (tertiary/aromatic N) is 3. The average Bonchev–Trinajstić information content (AvgIpc) is 2.78. The maximum atomic E-state index is 9.25. The molecule has 16 heavy (non-hydrogen) atoms. The van der Waals surface area contributed by atoms with E-state index in [1.54, 1.807) is 17.7 Å². The van der Waals surface area contributed by atoms with Crippen LogP contribution in [0.15, 0.2) is 29.9 Å². The van der Waals surface area contributed by atoms with Gasteiger partial charge in [-0.2, -0.15) is 0 Å². The largest absolute Gasteiger partial charge is 0.389 e. The van der Waals surface area contributed by atoms with Crippen molar-refractivity contribution in [2.45, 2.75) is 6.10 Å². The standard InChI is InChI=1S/C11H11N3OS/c15-8-5-14(6-8)11-4-9(12-7-13-11)10-2-1-3-16-10/h1-4,7-8,15H,5-6H2. The lowest BCUT2D eigenvalue weighted by Crippen LogP contribution is -2.51. The molecule has 1 aliphatic heterocycles. The van der Waals surface area contributed by atoms with Gasteiger partial charge in [-0.3, -0.25) is 0 Å². The molecular formula is C11H11N3OS. The second-order valence-corrected chi connectivity index (χ2v) is 4.75. The van der Waals surface area contributed by atoms with Crippen molar-refractivity contribution in [1.29, 1.82) is 0 Å². The first-order valence-corrected chi connectivity index (χ1v) is 6.00. The van der Waals surface area contributed by atoms with Crippen LogP contribution < -0.4 is 4.90 Å². The molecule has 0 radical (unpaired) electrons. The van der Waals surface area contributed by atoms with Gasteiger partial charge in [0.15, 0.2) is 0 Å². The lowest BCUT2D eigenvalue weighted by molar-refractivity contribution is 0.141. The highest BCUT2D eigenvalue weighted by Crippen LogP contribution is 2.26. The molecule has 2 aromatic heterocycles. The van der Waals surface area contributed by atoms with Crippen LogP contribution in [0, 0.1) is 0 Å². The zero-order valence-electron chi connectivity index (χ0n) is 8.58. The highest BCUT2D eigenvalue weighted by molar-refractivity contribution is 7.13. The summed E-state index contributed by atoms with van der Waals surface area (Å²) < 4.78 is 0. The molecule has 3 rings (SSSR count). The molecule has 0 saturated carbocycles. The summed E-state index contributed by atoms with van der Waals surface area (Å²) in [6.07, 6.45) is 1.37. The van der Waals surface area contributed by atoms with Gasteiger partial charge in [-0.15, -0.1) is 11.3 Å². The topological polar surface area (TPSA) is 49.2 Å². The normalized spacial score (nSPS) is 16.2. The predicted octanol–water partition coefficient (Wildman–Crippen LogP) is 1.39. The van der Waals surface area contributed by atoms with E-state index >= 15 is 0 Å². The maximum absolute atomic E-state index is 9.25. The molecule has 0 aromatic carbocycles. The summed E-state index contributed by atoms with van der Waals surface area (Å²) in [4.78, 5) is 11.7. The van der Waals surface area contributed by atoms with Gasteiger partial charge < -0.3 is 10.0 Å². The number of hydrogen-bond donors (Lipinski definition) is 1. The van der Waals surface area contributed by atoms with E-state index in [-0.39, 0.29) is 6.10 Å². The summed E-state index contributed by atoms with van der Waals surface area (Å²) >= 11 is 1.66. The molecule has 0 spiro atoms. The summed E-state index contributed by atoms with van der Waals surface area (Å²) in [5.41, 5.74) is 0.946. The monoisotopic (exact) mass is 233 g/mol. The van der Waals surface area contributed by atoms with E-state index in [0.29, 0.717) is 13.1 Å². The first kappa shape index (κ1) is 9.74. The summed E-state index contributed by atoms with van der Waals surface area (Å²) in [7, 11) is 0. The number of β-amino-alcohol motifs (C(OH)–C–C–N with tert-alkyl or cyclic N) is 1. The molecule has 1 saturated heterocycles. The van der Waals surface area contributed by atoms with Crippen LogP contribution in [0.25, 0.3) is 10.6 Å². The molecule has 0 aliphatic carbocycles. The van der Waals surface area contributed by atoms with Gasteiger partial charge in [0.25, 0.3) is 0 Å². The minimum absolute atomic E-state index is 0.208. The van der Waals surface area contributed by atoms with Crippen molar-refractivity contribution in [2.24, 2.45) is 0 Å². The Bertz CT molecular complexity index is 480. The minimum Gasteiger partial charge on any atom is -0.389 e. The Kier molecular flexibility index (Phi) is 2.34. The van der Waals surface area contributed by atoms with E-state index in [9.17, 15) is 5.11 Å². The number of aliphatic hydroxyl groups is 1. The molecular weight excluding hydrogens is 222 g/mol. The fourth-order valence-electron chi connectivity index (χ4n) is 1.72. The van der Waals surface area contributed by atoms with Crippen LogP contribution in [0.5, 0.6) is 0 Å². The number of aliphatic hydroxyl groups excluding tert-OH is 1. The lowest BCUT2D eigenvalue weighted by atomic mass is 10.1. The zero-order chi connectivity index (χ0) is 11.0. The van der Waals surface area contributed by atoms with E-state index in [1.807, 2.05) is 28.5 Å². The number of aromatic nitrogens is 2. The van der Waals surface area contributed by atoms with Gasteiger partial charge in [0, 0.05) is 19.2 Å². The van der Waals surface area contributed by atoms with Crippen LogP contribution in [-0.2, 0) is 0 Å². The molecule has 0 amide bonds. The Balaban J connectivity index is 1.89. The fourth-order valence-corrected chi connectivity index (χ4v) is 2.41. The third-order valence-electron chi connectivity index (χ3n) is 2.61. The lowest BCUT2D eigenvalue weighted by Gasteiger charge is -2.36. The van der Waals surface area contributed by atoms with Crippen LogP contribution >= 0.6 is 11.3 Å². The molecule has 0 unspecified atom stereocenters. The third kappa shape index (κ3) is 1.68. The van der Waals surface area contributed by atoms with Crippen molar-refractivity contribution in [3.63, 3.8) is 0 Å². The van der Waals surface area contributed by atoms with Crippen molar-refractivity contribution < 1.29 is 5.11 Å². The first-order chi connectivity index (χ1) is 7.83. The second kappa shape index (κ2) is 3.84. The molecule has 3 heterocycles. The Morgan fingerprint density at radius 3 is 2.94 bits per heavy atom. The number of hydrogen-bond acceptors (Lipinski definition) is 5. The van der Waals surface area contributed by atoms with Gasteiger partial charge in [0.2, 0.25) is 0 Å². The second-order valence-electron chi connectivity index (χ2n) is 3.80. The molecule has 1 fully saturated rings. The van der Waals surface area contributed by atoms with Gasteiger partial charge in [-0.05, 0) is 11.4 Å². The van der Waals surface area contributed by atoms with Gasteiger partial charge in [0.1, 0.15) is 12.1 Å². The Labute approximate surface area is 97.2 Å². The van der Waals surface area contributed by atoms with E-state index < -0.39 is 0 Å². The third-order valence-corrected chi connectivity index (χ3v) is 3.50. The van der Waals surface area contributed by atoms with E-state index in [1.165, 1.54) is 0 Å². The number of anilines is 1. The van der Waals surface area contributed by atoms with Crippen molar-refractivity contribution >= 4 is 17.2 Å². The molecule has 0 atom stereocenters. The minimum atomic E-state index is -0.208. The predicted molar refractivity (Wildman–Crippen MR) is 63.6 cm³/mol. The first-order valence-electron chi connectivity index (χ1n) is 5.12. The van der Waals surface area contributed by atoms with Crippen LogP contribution in [0.3, 0.4) is 0 Å². The van der Waals surface area contributed by atoms with E-state index in [0.717, 1.165) is 16.4 Å². The average molecular weight is 233 g/mol. The van der Waals surface area contributed by atoms with Crippen molar-refractivity contribution in [3.05, 3.63) is 29.9 Å². The van der Waals surface area contributed by atoms with E-state index in [2.05, 4.69) is 9.97 Å².